The molecule has 3 aromatic rings. The summed E-state index contributed by atoms with van der Waals surface area (Å²) < 4.78 is 7.47. The van der Waals surface area contributed by atoms with Gasteiger partial charge in [-0.25, -0.2) is 4.98 Å². The summed E-state index contributed by atoms with van der Waals surface area (Å²) in [5.74, 6) is -0.149. The maximum Gasteiger partial charge on any atom is 0.255 e. The lowest BCUT2D eigenvalue weighted by Crippen LogP contribution is -2.50. The second-order valence-electron chi connectivity index (χ2n) is 7.92. The Bertz CT molecular complexity index is 1030. The Morgan fingerprint density at radius 2 is 1.75 bits per heavy atom. The molecule has 3 rings (SSSR count). The number of para-hydroxylation sites is 1. The molecule has 0 bridgehead atoms. The molecule has 2 atom stereocenters. The number of nitrogens with one attached hydrogen (secondary N) is 2. The van der Waals surface area contributed by atoms with Crippen LogP contribution in [0.1, 0.15) is 49.7 Å². The normalized spacial score (nSPS) is 12.8. The summed E-state index contributed by atoms with van der Waals surface area (Å²) in [6, 6.07) is 14.0. The molecule has 1 aromatic heterocycles. The monoisotopic (exact) mass is 434 g/mol. The lowest BCUT2D eigenvalue weighted by Gasteiger charge is -2.24. The second-order valence-corrected chi connectivity index (χ2v) is 7.92. The predicted octanol–water partition coefficient (Wildman–Crippen LogP) is 3.90. The molecule has 7 heteroatoms. The number of hydrogen-bond donors (Lipinski definition) is 2. The van der Waals surface area contributed by atoms with Crippen LogP contribution in [-0.2, 0) is 4.79 Å². The SMILES string of the molecule is CCOc1ccccc1C(=O)N[C@@H](C(=O)N[C@H](C)c1ccc(-n2ccnc2)cc1)C(C)C. The summed E-state index contributed by atoms with van der Waals surface area (Å²) in [6.07, 6.45) is 5.34. The maximum atomic E-state index is 13.0. The molecule has 2 N–H and O–H groups in total. The molecule has 0 saturated carbocycles. The van der Waals surface area contributed by atoms with Gasteiger partial charge in [0, 0.05) is 18.1 Å². The Kier molecular flexibility index (Phi) is 7.65. The second kappa shape index (κ2) is 10.6. The highest BCUT2D eigenvalue weighted by molar-refractivity contribution is 5.99. The van der Waals surface area contributed by atoms with Gasteiger partial charge in [-0.3, -0.25) is 9.59 Å². The van der Waals surface area contributed by atoms with Crippen molar-refractivity contribution in [3.05, 3.63) is 78.4 Å². The average Bonchev–Trinajstić information content (AvgIpc) is 3.32. The summed E-state index contributed by atoms with van der Waals surface area (Å²) in [6.45, 7) is 8.05. The number of carbonyl (C=O) groups excluding carboxylic acids is 2. The van der Waals surface area contributed by atoms with Crippen LogP contribution >= 0.6 is 0 Å². The molecular weight excluding hydrogens is 404 g/mol. The van der Waals surface area contributed by atoms with Crippen molar-refractivity contribution in [1.82, 2.24) is 20.2 Å². The van der Waals surface area contributed by atoms with Gasteiger partial charge >= 0.3 is 0 Å². The number of carbonyl (C=O) groups is 2. The molecular formula is C25H30N4O3. The first-order valence-electron chi connectivity index (χ1n) is 10.8. The molecule has 2 amide bonds. The van der Waals surface area contributed by atoms with Crippen LogP contribution < -0.4 is 15.4 Å². The highest BCUT2D eigenvalue weighted by Gasteiger charge is 2.27. The van der Waals surface area contributed by atoms with E-state index in [2.05, 4.69) is 15.6 Å². The number of imidazole rings is 1. The smallest absolute Gasteiger partial charge is 0.255 e. The van der Waals surface area contributed by atoms with Crippen molar-refractivity contribution in [2.75, 3.05) is 6.61 Å². The molecule has 168 valence electrons. The highest BCUT2D eigenvalue weighted by atomic mass is 16.5. The Hall–Kier alpha value is -3.61. The van der Waals surface area contributed by atoms with E-state index < -0.39 is 6.04 Å². The fourth-order valence-electron chi connectivity index (χ4n) is 3.42. The number of rotatable bonds is 9. The van der Waals surface area contributed by atoms with E-state index in [4.69, 9.17) is 4.74 Å². The van der Waals surface area contributed by atoms with Crippen LogP contribution in [0.2, 0.25) is 0 Å². The van der Waals surface area contributed by atoms with Gasteiger partial charge in [0.25, 0.3) is 5.91 Å². The van der Waals surface area contributed by atoms with E-state index in [1.807, 2.05) is 68.8 Å². The number of nitrogens with zero attached hydrogens (tertiary/aromatic N) is 2. The van der Waals surface area contributed by atoms with Gasteiger partial charge in [0.1, 0.15) is 11.8 Å². The zero-order valence-corrected chi connectivity index (χ0v) is 18.9. The van der Waals surface area contributed by atoms with Gasteiger partial charge in [-0.05, 0) is 49.6 Å². The van der Waals surface area contributed by atoms with Crippen LogP contribution in [0.4, 0.5) is 0 Å². The van der Waals surface area contributed by atoms with Crippen LogP contribution in [-0.4, -0.2) is 34.0 Å². The molecule has 0 aliphatic heterocycles. The summed E-state index contributed by atoms with van der Waals surface area (Å²) in [7, 11) is 0. The van der Waals surface area contributed by atoms with E-state index in [1.165, 1.54) is 0 Å². The van der Waals surface area contributed by atoms with Crippen LogP contribution in [0.5, 0.6) is 5.75 Å². The first-order chi connectivity index (χ1) is 15.4. The van der Waals surface area contributed by atoms with Gasteiger partial charge in [0.05, 0.1) is 24.5 Å². The number of benzene rings is 2. The minimum atomic E-state index is -0.676. The fraction of sp³-hybridized carbons (Fsp3) is 0.320. The minimum Gasteiger partial charge on any atom is -0.493 e. The number of hydrogen-bond acceptors (Lipinski definition) is 4. The topological polar surface area (TPSA) is 85.2 Å². The third-order valence-electron chi connectivity index (χ3n) is 5.22. The molecule has 1 heterocycles. The first kappa shape index (κ1) is 23.1. The van der Waals surface area contributed by atoms with Crippen LogP contribution in [0.25, 0.3) is 5.69 Å². The van der Waals surface area contributed by atoms with Crippen molar-refractivity contribution in [3.63, 3.8) is 0 Å². The van der Waals surface area contributed by atoms with E-state index >= 15 is 0 Å². The van der Waals surface area contributed by atoms with Gasteiger partial charge in [0.2, 0.25) is 5.91 Å². The van der Waals surface area contributed by atoms with E-state index in [1.54, 1.807) is 30.7 Å². The first-order valence-corrected chi connectivity index (χ1v) is 10.8. The molecule has 7 nitrogen and oxygen atoms in total. The molecule has 32 heavy (non-hydrogen) atoms. The van der Waals surface area contributed by atoms with E-state index in [-0.39, 0.29) is 23.8 Å². The number of amides is 2. The lowest BCUT2D eigenvalue weighted by molar-refractivity contribution is -0.124. The summed E-state index contributed by atoms with van der Waals surface area (Å²) >= 11 is 0. The van der Waals surface area contributed by atoms with Crippen molar-refractivity contribution in [2.45, 2.75) is 39.8 Å². The number of aromatic nitrogens is 2. The molecule has 0 fully saturated rings. The van der Waals surface area contributed by atoms with Crippen LogP contribution in [0.3, 0.4) is 0 Å². The van der Waals surface area contributed by atoms with Crippen molar-refractivity contribution in [2.24, 2.45) is 5.92 Å². The Balaban J connectivity index is 1.68. The van der Waals surface area contributed by atoms with Crippen molar-refractivity contribution >= 4 is 11.8 Å². The number of ether oxygens (including phenoxy) is 1. The molecule has 0 unspecified atom stereocenters. The Labute approximate surface area is 188 Å². The quantitative estimate of drug-likeness (QED) is 0.535. The largest absolute Gasteiger partial charge is 0.493 e. The average molecular weight is 435 g/mol. The molecule has 0 saturated heterocycles. The molecule has 0 spiro atoms. The van der Waals surface area contributed by atoms with Crippen LogP contribution in [0.15, 0.2) is 67.3 Å². The Morgan fingerprint density at radius 1 is 1.03 bits per heavy atom. The zero-order chi connectivity index (χ0) is 23.1. The third kappa shape index (κ3) is 5.55. The lowest BCUT2D eigenvalue weighted by atomic mass is 10.0. The van der Waals surface area contributed by atoms with Crippen molar-refractivity contribution in [1.29, 1.82) is 0 Å². The van der Waals surface area contributed by atoms with E-state index in [0.29, 0.717) is 17.9 Å². The summed E-state index contributed by atoms with van der Waals surface area (Å²) in [5.41, 5.74) is 2.37. The molecule has 0 aliphatic rings. The molecule has 0 aliphatic carbocycles. The van der Waals surface area contributed by atoms with E-state index in [0.717, 1.165) is 11.3 Å². The van der Waals surface area contributed by atoms with Gasteiger partial charge in [-0.15, -0.1) is 0 Å². The zero-order valence-electron chi connectivity index (χ0n) is 18.9. The summed E-state index contributed by atoms with van der Waals surface area (Å²) in [4.78, 5) is 30.0. The maximum absolute atomic E-state index is 13.0. The van der Waals surface area contributed by atoms with Crippen molar-refractivity contribution < 1.29 is 14.3 Å². The fourth-order valence-corrected chi connectivity index (χ4v) is 3.42. The molecule has 2 aromatic carbocycles. The van der Waals surface area contributed by atoms with Gasteiger partial charge in [-0.1, -0.05) is 38.1 Å². The molecule has 0 radical (unpaired) electrons. The highest BCUT2D eigenvalue weighted by Crippen LogP contribution is 2.19. The summed E-state index contributed by atoms with van der Waals surface area (Å²) in [5, 5.41) is 5.90. The Morgan fingerprint density at radius 3 is 2.38 bits per heavy atom. The van der Waals surface area contributed by atoms with Crippen LogP contribution in [0, 0.1) is 5.92 Å². The van der Waals surface area contributed by atoms with Gasteiger partial charge < -0.3 is 19.9 Å². The van der Waals surface area contributed by atoms with Gasteiger partial charge in [-0.2, -0.15) is 0 Å². The van der Waals surface area contributed by atoms with Gasteiger partial charge in [0.15, 0.2) is 0 Å². The third-order valence-corrected chi connectivity index (χ3v) is 5.22. The standard InChI is InChI=1S/C25H30N4O3/c1-5-32-22-9-7-6-8-21(22)24(30)28-23(17(2)3)25(31)27-18(4)19-10-12-20(13-11-19)29-15-14-26-16-29/h6-18,23H,5H2,1-4H3,(H,27,31)(H,28,30)/t18-,23-/m1/s1. The van der Waals surface area contributed by atoms with E-state index in [9.17, 15) is 9.59 Å². The minimum absolute atomic E-state index is 0.0889. The predicted molar refractivity (Wildman–Crippen MR) is 124 cm³/mol. The van der Waals surface area contributed by atoms with Crippen molar-refractivity contribution in [3.8, 4) is 11.4 Å².